The maximum Gasteiger partial charge on any atom is 0.222 e. The molecule has 106 valence electrons. The van der Waals surface area contributed by atoms with E-state index >= 15 is 0 Å². The maximum atomic E-state index is 11.6. The van der Waals surface area contributed by atoms with Crippen LogP contribution in [-0.4, -0.2) is 25.2 Å². The Balaban J connectivity index is 2.06. The Morgan fingerprint density at radius 2 is 1.84 bits per heavy atom. The number of rotatable bonds is 8. The summed E-state index contributed by atoms with van der Waals surface area (Å²) < 4.78 is 5.49. The fourth-order valence-electron chi connectivity index (χ4n) is 1.59. The first-order valence-electron chi connectivity index (χ1n) is 7.00. The van der Waals surface area contributed by atoms with E-state index in [9.17, 15) is 4.79 Å². The Morgan fingerprint density at radius 3 is 2.47 bits per heavy atom. The van der Waals surface area contributed by atoms with E-state index in [4.69, 9.17) is 4.74 Å². The van der Waals surface area contributed by atoms with E-state index in [1.807, 2.05) is 25.1 Å². The Morgan fingerprint density at radius 1 is 1.16 bits per heavy atom. The van der Waals surface area contributed by atoms with Gasteiger partial charge >= 0.3 is 0 Å². The van der Waals surface area contributed by atoms with Crippen LogP contribution in [0.5, 0.6) is 0 Å². The molecular formula is C16H25NO2. The topological polar surface area (TPSA) is 38.3 Å². The molecule has 0 saturated heterocycles. The zero-order chi connectivity index (χ0) is 14.1. The van der Waals surface area contributed by atoms with E-state index in [0.29, 0.717) is 25.6 Å². The molecule has 1 N–H and O–H groups in total. The van der Waals surface area contributed by atoms with E-state index in [0.717, 1.165) is 6.42 Å². The molecule has 0 aromatic heterocycles. The van der Waals surface area contributed by atoms with E-state index in [-0.39, 0.29) is 11.9 Å². The largest absolute Gasteiger partial charge is 0.381 e. The predicted molar refractivity (Wildman–Crippen MR) is 78.0 cm³/mol. The van der Waals surface area contributed by atoms with Crippen LogP contribution in [0.1, 0.15) is 32.8 Å². The van der Waals surface area contributed by atoms with Crippen molar-refractivity contribution in [3.8, 4) is 0 Å². The molecule has 0 spiro atoms. The highest BCUT2D eigenvalue weighted by Crippen LogP contribution is 2.01. The Bertz CT molecular complexity index is 362. The normalized spacial score (nSPS) is 12.4. The quantitative estimate of drug-likeness (QED) is 0.732. The summed E-state index contributed by atoms with van der Waals surface area (Å²) >= 11 is 0. The number of carbonyl (C=O) groups excluding carboxylic acids is 1. The summed E-state index contributed by atoms with van der Waals surface area (Å²) in [4.78, 5) is 11.6. The molecule has 19 heavy (non-hydrogen) atoms. The third-order valence-electron chi connectivity index (χ3n) is 3.24. The molecule has 0 aliphatic rings. The van der Waals surface area contributed by atoms with Gasteiger partial charge in [0.2, 0.25) is 5.91 Å². The SMILES string of the molecule is CC(C)C(C)NC(=O)CCOCCc1ccccc1. The van der Waals surface area contributed by atoms with Crippen molar-refractivity contribution in [1.29, 1.82) is 0 Å². The van der Waals surface area contributed by atoms with Gasteiger partial charge in [0.1, 0.15) is 0 Å². The Kier molecular flexibility index (Phi) is 7.19. The van der Waals surface area contributed by atoms with Gasteiger partial charge in [0, 0.05) is 12.5 Å². The van der Waals surface area contributed by atoms with Crippen LogP contribution < -0.4 is 5.32 Å². The minimum Gasteiger partial charge on any atom is -0.381 e. The molecule has 0 heterocycles. The third kappa shape index (κ3) is 6.97. The summed E-state index contributed by atoms with van der Waals surface area (Å²) in [6, 6.07) is 10.4. The van der Waals surface area contributed by atoms with Crippen LogP contribution >= 0.6 is 0 Å². The summed E-state index contributed by atoms with van der Waals surface area (Å²) in [5, 5.41) is 2.97. The molecule has 1 unspecified atom stereocenters. The highest BCUT2D eigenvalue weighted by atomic mass is 16.5. The van der Waals surface area contributed by atoms with Crippen molar-refractivity contribution < 1.29 is 9.53 Å². The number of ether oxygens (including phenoxy) is 1. The van der Waals surface area contributed by atoms with Crippen molar-refractivity contribution in [3.05, 3.63) is 35.9 Å². The van der Waals surface area contributed by atoms with Crippen LogP contribution in [-0.2, 0) is 16.0 Å². The lowest BCUT2D eigenvalue weighted by Crippen LogP contribution is -2.36. The van der Waals surface area contributed by atoms with Gasteiger partial charge in [-0.3, -0.25) is 4.79 Å². The highest BCUT2D eigenvalue weighted by Gasteiger charge is 2.10. The van der Waals surface area contributed by atoms with Crippen LogP contribution in [0.2, 0.25) is 0 Å². The average Bonchev–Trinajstić information content (AvgIpc) is 2.39. The molecule has 1 rings (SSSR count). The number of amides is 1. The number of nitrogens with one attached hydrogen (secondary N) is 1. The predicted octanol–water partition coefficient (Wildman–Crippen LogP) is 2.80. The zero-order valence-electron chi connectivity index (χ0n) is 12.2. The van der Waals surface area contributed by atoms with E-state index < -0.39 is 0 Å². The summed E-state index contributed by atoms with van der Waals surface area (Å²) in [6.07, 6.45) is 1.33. The molecule has 0 bridgehead atoms. The van der Waals surface area contributed by atoms with Gasteiger partial charge < -0.3 is 10.1 Å². The average molecular weight is 263 g/mol. The fraction of sp³-hybridized carbons (Fsp3) is 0.562. The first-order chi connectivity index (χ1) is 9.09. The van der Waals surface area contributed by atoms with Crippen molar-refractivity contribution in [3.63, 3.8) is 0 Å². The van der Waals surface area contributed by atoms with Crippen LogP contribution in [0.25, 0.3) is 0 Å². The van der Waals surface area contributed by atoms with Gasteiger partial charge in [-0.25, -0.2) is 0 Å². The maximum absolute atomic E-state index is 11.6. The van der Waals surface area contributed by atoms with Crippen molar-refractivity contribution in [2.45, 2.75) is 39.7 Å². The number of hydrogen-bond acceptors (Lipinski definition) is 2. The molecule has 0 aliphatic carbocycles. The zero-order valence-corrected chi connectivity index (χ0v) is 12.2. The van der Waals surface area contributed by atoms with Gasteiger partial charge in [-0.15, -0.1) is 0 Å². The lowest BCUT2D eigenvalue weighted by molar-refractivity contribution is -0.123. The monoisotopic (exact) mass is 263 g/mol. The molecule has 1 amide bonds. The molecule has 1 aromatic carbocycles. The van der Waals surface area contributed by atoms with Gasteiger partial charge in [-0.05, 0) is 24.8 Å². The first kappa shape index (κ1) is 15.7. The van der Waals surface area contributed by atoms with Crippen LogP contribution in [0.3, 0.4) is 0 Å². The summed E-state index contributed by atoms with van der Waals surface area (Å²) in [5.41, 5.74) is 1.26. The molecular weight excluding hydrogens is 238 g/mol. The van der Waals surface area contributed by atoms with Gasteiger partial charge in [0.25, 0.3) is 0 Å². The van der Waals surface area contributed by atoms with Crippen LogP contribution in [0, 0.1) is 5.92 Å². The van der Waals surface area contributed by atoms with Crippen molar-refractivity contribution >= 4 is 5.91 Å². The van der Waals surface area contributed by atoms with E-state index in [1.165, 1.54) is 5.56 Å². The second kappa shape index (κ2) is 8.70. The van der Waals surface area contributed by atoms with Crippen molar-refractivity contribution in [2.75, 3.05) is 13.2 Å². The molecule has 0 saturated carbocycles. The Hall–Kier alpha value is -1.35. The second-order valence-electron chi connectivity index (χ2n) is 5.20. The molecule has 3 nitrogen and oxygen atoms in total. The summed E-state index contributed by atoms with van der Waals surface area (Å²) in [6.45, 7) is 7.38. The number of hydrogen-bond donors (Lipinski definition) is 1. The number of carbonyl (C=O) groups is 1. The first-order valence-corrected chi connectivity index (χ1v) is 7.00. The molecule has 1 aromatic rings. The van der Waals surface area contributed by atoms with Crippen LogP contribution in [0.4, 0.5) is 0 Å². The fourth-order valence-corrected chi connectivity index (χ4v) is 1.59. The van der Waals surface area contributed by atoms with E-state index in [2.05, 4.69) is 31.3 Å². The van der Waals surface area contributed by atoms with Gasteiger partial charge in [0.15, 0.2) is 0 Å². The van der Waals surface area contributed by atoms with Crippen molar-refractivity contribution in [2.24, 2.45) is 5.92 Å². The molecule has 0 radical (unpaired) electrons. The summed E-state index contributed by atoms with van der Waals surface area (Å²) in [5.74, 6) is 0.531. The molecule has 0 aliphatic heterocycles. The number of benzene rings is 1. The highest BCUT2D eigenvalue weighted by molar-refractivity contribution is 5.76. The molecule has 0 fully saturated rings. The Labute approximate surface area is 116 Å². The lowest BCUT2D eigenvalue weighted by Gasteiger charge is -2.17. The lowest BCUT2D eigenvalue weighted by atomic mass is 10.1. The smallest absolute Gasteiger partial charge is 0.222 e. The standard InChI is InChI=1S/C16H25NO2/c1-13(2)14(3)17-16(18)10-12-19-11-9-15-7-5-4-6-8-15/h4-8,13-14H,9-12H2,1-3H3,(H,17,18). The van der Waals surface area contributed by atoms with Gasteiger partial charge in [-0.1, -0.05) is 44.2 Å². The summed E-state index contributed by atoms with van der Waals surface area (Å²) in [7, 11) is 0. The molecule has 1 atom stereocenters. The second-order valence-corrected chi connectivity index (χ2v) is 5.20. The third-order valence-corrected chi connectivity index (χ3v) is 3.24. The van der Waals surface area contributed by atoms with Gasteiger partial charge in [-0.2, -0.15) is 0 Å². The van der Waals surface area contributed by atoms with E-state index in [1.54, 1.807) is 0 Å². The van der Waals surface area contributed by atoms with Crippen LogP contribution in [0.15, 0.2) is 30.3 Å². The minimum atomic E-state index is 0.0703. The van der Waals surface area contributed by atoms with Gasteiger partial charge in [0.05, 0.1) is 13.2 Å². The molecule has 3 heteroatoms. The van der Waals surface area contributed by atoms with Crippen molar-refractivity contribution in [1.82, 2.24) is 5.32 Å². The minimum absolute atomic E-state index is 0.0703.